The summed E-state index contributed by atoms with van der Waals surface area (Å²) in [6.07, 6.45) is -0.573. The quantitative estimate of drug-likeness (QED) is 0.784. The predicted molar refractivity (Wildman–Crippen MR) is 79.7 cm³/mol. The first kappa shape index (κ1) is 19.2. The molecule has 0 saturated heterocycles. The van der Waals surface area contributed by atoms with E-state index in [9.17, 15) is 14.4 Å². The average Bonchev–Trinajstić information content (AvgIpc) is 2.33. The second kappa shape index (κ2) is 7.85. The van der Waals surface area contributed by atoms with E-state index in [1.54, 1.807) is 20.8 Å². The number of carbonyl (C=O) groups is 3. The molecule has 0 saturated carbocycles. The van der Waals surface area contributed by atoms with Crippen molar-refractivity contribution in [3.8, 4) is 0 Å². The number of hydrogen-bond acceptors (Lipinski definition) is 4. The summed E-state index contributed by atoms with van der Waals surface area (Å²) in [5.74, 6) is -0.806. The fraction of sp³-hybridized carbons (Fsp3) is 0.786. The summed E-state index contributed by atoms with van der Waals surface area (Å²) >= 11 is 0. The number of hydrogen-bond donors (Lipinski definition) is 2. The highest BCUT2D eigenvalue weighted by Crippen LogP contribution is 2.15. The van der Waals surface area contributed by atoms with E-state index in [0.29, 0.717) is 0 Å². The molecular formula is C14H27N3O4. The highest BCUT2D eigenvalue weighted by molar-refractivity contribution is 5.89. The van der Waals surface area contributed by atoms with E-state index in [1.807, 2.05) is 13.8 Å². The summed E-state index contributed by atoms with van der Waals surface area (Å²) in [5.41, 5.74) is -0.633. The van der Waals surface area contributed by atoms with Gasteiger partial charge in [0.1, 0.15) is 11.6 Å². The molecule has 21 heavy (non-hydrogen) atoms. The lowest BCUT2D eigenvalue weighted by Crippen LogP contribution is -2.52. The Morgan fingerprint density at radius 1 is 1.19 bits per heavy atom. The predicted octanol–water partition coefficient (Wildman–Crippen LogP) is 0.740. The summed E-state index contributed by atoms with van der Waals surface area (Å²) in [4.78, 5) is 36.7. The van der Waals surface area contributed by atoms with Crippen LogP contribution in [0, 0.1) is 5.92 Å². The van der Waals surface area contributed by atoms with Crippen LogP contribution in [0.2, 0.25) is 0 Å². The van der Waals surface area contributed by atoms with E-state index < -0.39 is 17.7 Å². The molecule has 0 aliphatic carbocycles. The molecule has 122 valence electrons. The summed E-state index contributed by atoms with van der Waals surface area (Å²) in [6, 6.07) is -0.704. The van der Waals surface area contributed by atoms with E-state index in [0.717, 1.165) is 0 Å². The average molecular weight is 301 g/mol. The highest BCUT2D eigenvalue weighted by Gasteiger charge is 2.32. The van der Waals surface area contributed by atoms with Crippen LogP contribution >= 0.6 is 0 Å². The zero-order valence-electron chi connectivity index (χ0n) is 13.9. The Labute approximate surface area is 126 Å². The third-order valence-electron chi connectivity index (χ3n) is 2.70. The molecule has 0 radical (unpaired) electrons. The lowest BCUT2D eigenvalue weighted by Gasteiger charge is -2.32. The van der Waals surface area contributed by atoms with Gasteiger partial charge in [-0.3, -0.25) is 14.5 Å². The topological polar surface area (TPSA) is 87.7 Å². The van der Waals surface area contributed by atoms with Gasteiger partial charge in [0, 0.05) is 14.1 Å². The molecule has 0 aromatic heterocycles. The molecule has 0 spiro atoms. The van der Waals surface area contributed by atoms with Gasteiger partial charge in [-0.1, -0.05) is 13.8 Å². The van der Waals surface area contributed by atoms with Crippen LogP contribution in [0.15, 0.2) is 0 Å². The minimum atomic E-state index is -0.704. The molecule has 0 heterocycles. The van der Waals surface area contributed by atoms with Crippen molar-refractivity contribution in [3.05, 3.63) is 0 Å². The Morgan fingerprint density at radius 2 is 1.71 bits per heavy atom. The molecule has 1 unspecified atom stereocenters. The summed E-state index contributed by atoms with van der Waals surface area (Å²) in [6.45, 7) is 8.80. The minimum absolute atomic E-state index is 0.118. The number of ether oxygens (including phenoxy) is 1. The van der Waals surface area contributed by atoms with Crippen molar-refractivity contribution >= 4 is 17.9 Å². The number of carbonyl (C=O) groups excluding carboxylic acids is 3. The highest BCUT2D eigenvalue weighted by atomic mass is 16.6. The molecule has 0 aromatic carbocycles. The van der Waals surface area contributed by atoms with Gasteiger partial charge in [-0.2, -0.15) is 0 Å². The van der Waals surface area contributed by atoms with Gasteiger partial charge in [0.25, 0.3) is 0 Å². The Bertz CT molecular complexity index is 388. The maximum absolute atomic E-state index is 12.2. The van der Waals surface area contributed by atoms with Gasteiger partial charge in [-0.05, 0) is 26.7 Å². The van der Waals surface area contributed by atoms with Crippen LogP contribution < -0.4 is 10.6 Å². The maximum Gasteiger partial charge on any atom is 0.410 e. The molecule has 2 N–H and O–H groups in total. The number of likely N-dealkylation sites (N-methyl/N-ethyl adjacent to an activating group) is 2. The van der Waals surface area contributed by atoms with E-state index >= 15 is 0 Å². The second-order valence-corrected chi connectivity index (χ2v) is 6.17. The lowest BCUT2D eigenvalue weighted by atomic mass is 10.0. The number of rotatable bonds is 5. The number of nitrogens with one attached hydrogen (secondary N) is 2. The van der Waals surface area contributed by atoms with Crippen molar-refractivity contribution in [2.24, 2.45) is 5.92 Å². The Balaban J connectivity index is 4.84. The van der Waals surface area contributed by atoms with E-state index in [1.165, 1.54) is 19.0 Å². The molecule has 3 amide bonds. The van der Waals surface area contributed by atoms with Crippen LogP contribution in [0.1, 0.15) is 34.6 Å². The fourth-order valence-electron chi connectivity index (χ4n) is 1.73. The van der Waals surface area contributed by atoms with E-state index in [2.05, 4.69) is 10.6 Å². The molecule has 0 aromatic rings. The molecule has 7 heteroatoms. The van der Waals surface area contributed by atoms with Crippen LogP contribution in [0.5, 0.6) is 0 Å². The van der Waals surface area contributed by atoms with Gasteiger partial charge in [-0.25, -0.2) is 4.79 Å². The first-order valence-corrected chi connectivity index (χ1v) is 6.93. The van der Waals surface area contributed by atoms with Gasteiger partial charge >= 0.3 is 6.09 Å². The third-order valence-corrected chi connectivity index (χ3v) is 2.70. The second-order valence-electron chi connectivity index (χ2n) is 6.17. The molecular weight excluding hydrogens is 274 g/mol. The Kier molecular flexibility index (Phi) is 7.18. The van der Waals surface area contributed by atoms with Crippen molar-refractivity contribution in [2.45, 2.75) is 46.3 Å². The van der Waals surface area contributed by atoms with Crippen molar-refractivity contribution in [2.75, 3.05) is 20.6 Å². The number of nitrogens with zero attached hydrogens (tertiary/aromatic N) is 1. The molecule has 0 fully saturated rings. The van der Waals surface area contributed by atoms with Gasteiger partial charge in [-0.15, -0.1) is 0 Å². The fourth-order valence-corrected chi connectivity index (χ4v) is 1.73. The van der Waals surface area contributed by atoms with Crippen LogP contribution in [0.3, 0.4) is 0 Å². The molecule has 1 atom stereocenters. The van der Waals surface area contributed by atoms with Gasteiger partial charge in [0.15, 0.2) is 0 Å². The van der Waals surface area contributed by atoms with Gasteiger partial charge < -0.3 is 15.4 Å². The van der Waals surface area contributed by atoms with Crippen molar-refractivity contribution in [1.82, 2.24) is 15.5 Å². The maximum atomic E-state index is 12.2. The smallest absolute Gasteiger partial charge is 0.410 e. The third kappa shape index (κ3) is 6.97. The zero-order chi connectivity index (χ0) is 16.8. The Morgan fingerprint density at radius 3 is 2.10 bits per heavy atom. The van der Waals surface area contributed by atoms with Crippen LogP contribution in [0.25, 0.3) is 0 Å². The van der Waals surface area contributed by atoms with Crippen LogP contribution in [-0.2, 0) is 14.3 Å². The molecule has 0 aliphatic heterocycles. The van der Waals surface area contributed by atoms with Crippen molar-refractivity contribution in [1.29, 1.82) is 0 Å². The standard InChI is InChI=1S/C14H27N3O4/c1-9(2)11(12(19)16-8-10(18)15-6)17(7)13(20)21-14(3,4)5/h9,11H,8H2,1-7H3,(H,15,18)(H,16,19). The van der Waals surface area contributed by atoms with Gasteiger partial charge in [0.2, 0.25) is 11.8 Å². The van der Waals surface area contributed by atoms with E-state index in [4.69, 9.17) is 4.74 Å². The summed E-state index contributed by atoms with van der Waals surface area (Å²) < 4.78 is 5.26. The van der Waals surface area contributed by atoms with Crippen molar-refractivity contribution in [3.63, 3.8) is 0 Å². The monoisotopic (exact) mass is 301 g/mol. The normalized spacial score (nSPS) is 12.6. The SMILES string of the molecule is CNC(=O)CNC(=O)C(C(C)C)N(C)C(=O)OC(C)(C)C. The zero-order valence-corrected chi connectivity index (χ0v) is 13.9. The largest absolute Gasteiger partial charge is 0.444 e. The minimum Gasteiger partial charge on any atom is -0.444 e. The van der Waals surface area contributed by atoms with Crippen molar-refractivity contribution < 1.29 is 19.1 Å². The first-order valence-electron chi connectivity index (χ1n) is 6.93. The molecule has 0 bridgehead atoms. The first-order chi connectivity index (χ1) is 9.49. The summed E-state index contributed by atoms with van der Waals surface area (Å²) in [5, 5.41) is 4.93. The number of amides is 3. The van der Waals surface area contributed by atoms with E-state index in [-0.39, 0.29) is 24.3 Å². The molecule has 0 aliphatic rings. The lowest BCUT2D eigenvalue weighted by molar-refractivity contribution is -0.130. The molecule has 0 rings (SSSR count). The van der Waals surface area contributed by atoms with Crippen LogP contribution in [0.4, 0.5) is 4.79 Å². The summed E-state index contributed by atoms with van der Waals surface area (Å²) in [7, 11) is 3.00. The van der Waals surface area contributed by atoms with Gasteiger partial charge in [0.05, 0.1) is 6.54 Å². The Hall–Kier alpha value is -1.79. The van der Waals surface area contributed by atoms with Crippen LogP contribution in [-0.4, -0.2) is 55.1 Å². The molecule has 7 nitrogen and oxygen atoms in total.